The van der Waals surface area contributed by atoms with Crippen LogP contribution in [0.2, 0.25) is 0 Å². The Morgan fingerprint density at radius 3 is 1.93 bits per heavy atom. The first-order chi connectivity index (χ1) is 6.36. The second-order valence-electron chi connectivity index (χ2n) is 3.84. The summed E-state index contributed by atoms with van der Waals surface area (Å²) in [6.07, 6.45) is 0. The Bertz CT molecular complexity index is 216. The Morgan fingerprint density at radius 2 is 1.64 bits per heavy atom. The number of primary amides is 2. The topological polar surface area (TPSA) is 98.2 Å². The standard InChI is InChI=1S/C9H19N3O2/c1-5(2)7(9(11)14)12-4-6(3)8(10)13/h5-7,12H,4H2,1-3H3,(H2,10,13)(H2,11,14). The van der Waals surface area contributed by atoms with Gasteiger partial charge in [-0.2, -0.15) is 0 Å². The van der Waals surface area contributed by atoms with Crippen molar-refractivity contribution in [3.63, 3.8) is 0 Å². The fourth-order valence-corrected chi connectivity index (χ4v) is 1.07. The van der Waals surface area contributed by atoms with Gasteiger partial charge >= 0.3 is 0 Å². The SMILES string of the molecule is CC(CNC(C(N)=O)C(C)C)C(N)=O. The summed E-state index contributed by atoms with van der Waals surface area (Å²) in [5.74, 6) is -0.982. The van der Waals surface area contributed by atoms with Gasteiger partial charge in [0.2, 0.25) is 11.8 Å². The maximum atomic E-state index is 11.0. The molecular formula is C9H19N3O2. The molecule has 0 saturated heterocycles. The number of hydrogen-bond acceptors (Lipinski definition) is 3. The Labute approximate surface area is 84.2 Å². The number of hydrogen-bond donors (Lipinski definition) is 3. The van der Waals surface area contributed by atoms with E-state index in [4.69, 9.17) is 11.5 Å². The molecule has 2 atom stereocenters. The zero-order valence-corrected chi connectivity index (χ0v) is 8.91. The molecule has 5 nitrogen and oxygen atoms in total. The Balaban J connectivity index is 4.07. The molecule has 5 N–H and O–H groups in total. The van der Waals surface area contributed by atoms with Crippen molar-refractivity contribution in [3.8, 4) is 0 Å². The molecule has 0 radical (unpaired) electrons. The van der Waals surface area contributed by atoms with Crippen LogP contribution in [0.5, 0.6) is 0 Å². The fraction of sp³-hybridized carbons (Fsp3) is 0.778. The highest BCUT2D eigenvalue weighted by Crippen LogP contribution is 2.01. The minimum Gasteiger partial charge on any atom is -0.369 e. The van der Waals surface area contributed by atoms with Gasteiger partial charge < -0.3 is 16.8 Å². The quantitative estimate of drug-likeness (QED) is 0.525. The van der Waals surface area contributed by atoms with E-state index >= 15 is 0 Å². The lowest BCUT2D eigenvalue weighted by Crippen LogP contribution is -2.47. The third kappa shape index (κ3) is 4.23. The molecule has 0 aromatic rings. The highest BCUT2D eigenvalue weighted by Gasteiger charge is 2.20. The molecule has 0 aliphatic rings. The summed E-state index contributed by atoms with van der Waals surface area (Å²) >= 11 is 0. The van der Waals surface area contributed by atoms with Crippen molar-refractivity contribution >= 4 is 11.8 Å². The van der Waals surface area contributed by atoms with Crippen LogP contribution in [0.25, 0.3) is 0 Å². The smallest absolute Gasteiger partial charge is 0.234 e. The third-order valence-corrected chi connectivity index (χ3v) is 2.10. The second-order valence-corrected chi connectivity index (χ2v) is 3.84. The van der Waals surface area contributed by atoms with Gasteiger partial charge in [-0.25, -0.2) is 0 Å². The van der Waals surface area contributed by atoms with Crippen LogP contribution in [-0.4, -0.2) is 24.4 Å². The predicted octanol–water partition coefficient (Wildman–Crippen LogP) is -0.793. The zero-order valence-electron chi connectivity index (χ0n) is 8.91. The van der Waals surface area contributed by atoms with Crippen LogP contribution in [0.1, 0.15) is 20.8 Å². The largest absolute Gasteiger partial charge is 0.369 e. The molecule has 82 valence electrons. The van der Waals surface area contributed by atoms with E-state index in [0.29, 0.717) is 6.54 Å². The Kier molecular flexibility index (Phi) is 5.15. The molecule has 0 aliphatic heterocycles. The number of amides is 2. The molecule has 0 aromatic heterocycles. The minimum absolute atomic E-state index is 0.104. The summed E-state index contributed by atoms with van der Waals surface area (Å²) in [6, 6.07) is -0.406. The number of nitrogens with two attached hydrogens (primary N) is 2. The minimum atomic E-state index is -0.406. The molecule has 0 fully saturated rings. The lowest BCUT2D eigenvalue weighted by atomic mass is 10.0. The van der Waals surface area contributed by atoms with Crippen molar-refractivity contribution in [3.05, 3.63) is 0 Å². The van der Waals surface area contributed by atoms with Gasteiger partial charge in [0.15, 0.2) is 0 Å². The summed E-state index contributed by atoms with van der Waals surface area (Å²) < 4.78 is 0. The summed E-state index contributed by atoms with van der Waals surface area (Å²) in [6.45, 7) is 5.85. The number of carbonyl (C=O) groups is 2. The summed E-state index contributed by atoms with van der Waals surface area (Å²) in [5, 5.41) is 2.92. The summed E-state index contributed by atoms with van der Waals surface area (Å²) in [5.41, 5.74) is 10.3. The van der Waals surface area contributed by atoms with E-state index in [1.165, 1.54) is 0 Å². The molecule has 0 saturated carbocycles. The maximum Gasteiger partial charge on any atom is 0.234 e. The first-order valence-electron chi connectivity index (χ1n) is 4.68. The Morgan fingerprint density at radius 1 is 1.14 bits per heavy atom. The molecule has 0 bridgehead atoms. The first-order valence-corrected chi connectivity index (χ1v) is 4.68. The molecule has 14 heavy (non-hydrogen) atoms. The van der Waals surface area contributed by atoms with Gasteiger partial charge in [0.1, 0.15) is 0 Å². The highest BCUT2D eigenvalue weighted by atomic mass is 16.1. The van der Waals surface area contributed by atoms with Crippen LogP contribution in [-0.2, 0) is 9.59 Å². The van der Waals surface area contributed by atoms with Gasteiger partial charge in [-0.15, -0.1) is 0 Å². The lowest BCUT2D eigenvalue weighted by molar-refractivity contribution is -0.123. The lowest BCUT2D eigenvalue weighted by Gasteiger charge is -2.20. The summed E-state index contributed by atoms with van der Waals surface area (Å²) in [4.78, 5) is 21.7. The highest BCUT2D eigenvalue weighted by molar-refractivity contribution is 5.80. The van der Waals surface area contributed by atoms with Crippen LogP contribution >= 0.6 is 0 Å². The van der Waals surface area contributed by atoms with E-state index in [2.05, 4.69) is 5.32 Å². The van der Waals surface area contributed by atoms with Gasteiger partial charge in [0.05, 0.1) is 6.04 Å². The van der Waals surface area contributed by atoms with Crippen molar-refractivity contribution in [1.29, 1.82) is 0 Å². The van der Waals surface area contributed by atoms with E-state index in [9.17, 15) is 9.59 Å². The molecule has 0 aromatic carbocycles. The van der Waals surface area contributed by atoms with Crippen LogP contribution in [0.15, 0.2) is 0 Å². The number of carbonyl (C=O) groups excluding carboxylic acids is 2. The first kappa shape index (κ1) is 12.9. The number of nitrogens with one attached hydrogen (secondary N) is 1. The van der Waals surface area contributed by atoms with Gasteiger partial charge in [-0.3, -0.25) is 9.59 Å². The molecule has 0 spiro atoms. The summed E-state index contributed by atoms with van der Waals surface area (Å²) in [7, 11) is 0. The van der Waals surface area contributed by atoms with Crippen LogP contribution in [0.3, 0.4) is 0 Å². The number of rotatable bonds is 6. The van der Waals surface area contributed by atoms with Crippen LogP contribution in [0.4, 0.5) is 0 Å². The van der Waals surface area contributed by atoms with Crippen molar-refractivity contribution in [2.75, 3.05) is 6.54 Å². The van der Waals surface area contributed by atoms with E-state index < -0.39 is 11.9 Å². The molecule has 0 rings (SSSR count). The fourth-order valence-electron chi connectivity index (χ4n) is 1.07. The van der Waals surface area contributed by atoms with E-state index in [0.717, 1.165) is 0 Å². The van der Waals surface area contributed by atoms with E-state index in [-0.39, 0.29) is 17.7 Å². The molecule has 2 amide bonds. The van der Waals surface area contributed by atoms with E-state index in [1.54, 1.807) is 6.92 Å². The van der Waals surface area contributed by atoms with Gasteiger partial charge in [-0.1, -0.05) is 20.8 Å². The predicted molar refractivity (Wildman–Crippen MR) is 54.2 cm³/mol. The van der Waals surface area contributed by atoms with E-state index in [1.807, 2.05) is 13.8 Å². The van der Waals surface area contributed by atoms with Crippen molar-refractivity contribution in [1.82, 2.24) is 5.32 Å². The molecular weight excluding hydrogens is 182 g/mol. The molecule has 5 heteroatoms. The van der Waals surface area contributed by atoms with Gasteiger partial charge in [0, 0.05) is 12.5 Å². The second kappa shape index (κ2) is 5.59. The maximum absolute atomic E-state index is 11.0. The van der Waals surface area contributed by atoms with Gasteiger partial charge in [-0.05, 0) is 5.92 Å². The zero-order chi connectivity index (χ0) is 11.3. The van der Waals surface area contributed by atoms with Crippen LogP contribution < -0.4 is 16.8 Å². The average molecular weight is 201 g/mol. The van der Waals surface area contributed by atoms with Crippen molar-refractivity contribution in [2.45, 2.75) is 26.8 Å². The van der Waals surface area contributed by atoms with Crippen molar-refractivity contribution < 1.29 is 9.59 Å². The average Bonchev–Trinajstić information content (AvgIpc) is 2.02. The van der Waals surface area contributed by atoms with Crippen LogP contribution in [0, 0.1) is 11.8 Å². The molecule has 0 aliphatic carbocycles. The molecule has 2 unspecified atom stereocenters. The monoisotopic (exact) mass is 201 g/mol. The normalized spacial score (nSPS) is 15.1. The van der Waals surface area contributed by atoms with Crippen molar-refractivity contribution in [2.24, 2.45) is 23.3 Å². The van der Waals surface area contributed by atoms with Gasteiger partial charge in [0.25, 0.3) is 0 Å². The molecule has 0 heterocycles. The third-order valence-electron chi connectivity index (χ3n) is 2.10. The Hall–Kier alpha value is -1.10.